The average Bonchev–Trinajstić information content (AvgIpc) is 2.42. The molecular weight excluding hydrogens is 210 g/mol. The Kier molecular flexibility index (Phi) is 2.49. The summed E-state index contributed by atoms with van der Waals surface area (Å²) in [5, 5.41) is 11.0. The van der Waals surface area contributed by atoms with Crippen LogP contribution in [0.3, 0.4) is 0 Å². The van der Waals surface area contributed by atoms with Crippen LogP contribution in [0.2, 0.25) is 5.15 Å². The van der Waals surface area contributed by atoms with Gasteiger partial charge in [0.25, 0.3) is 0 Å². The molecule has 2 aromatic rings. The second-order valence-electron chi connectivity index (χ2n) is 3.96. The maximum atomic E-state index is 9.33. The molecule has 2 nitrogen and oxygen atoms in total. The Balaban J connectivity index is 2.97. The van der Waals surface area contributed by atoms with Gasteiger partial charge in [0.05, 0.1) is 6.61 Å². The molecule has 0 saturated heterocycles. The summed E-state index contributed by atoms with van der Waals surface area (Å²) in [5.74, 6) is 0. The van der Waals surface area contributed by atoms with Gasteiger partial charge >= 0.3 is 0 Å². The van der Waals surface area contributed by atoms with Crippen LogP contribution in [-0.4, -0.2) is 9.67 Å². The molecule has 0 fully saturated rings. The lowest BCUT2D eigenvalue weighted by Gasteiger charge is -2.02. The first-order valence-corrected chi connectivity index (χ1v) is 5.29. The summed E-state index contributed by atoms with van der Waals surface area (Å²) in [5.41, 5.74) is 4.28. The summed E-state index contributed by atoms with van der Waals surface area (Å²) in [6.07, 6.45) is 0. The Morgan fingerprint density at radius 1 is 1.33 bits per heavy atom. The van der Waals surface area contributed by atoms with Crippen molar-refractivity contribution in [3.63, 3.8) is 0 Å². The van der Waals surface area contributed by atoms with Crippen LogP contribution in [0.25, 0.3) is 10.9 Å². The molecule has 2 rings (SSSR count). The summed E-state index contributed by atoms with van der Waals surface area (Å²) < 4.78 is 1.92. The Morgan fingerprint density at radius 3 is 2.60 bits per heavy atom. The van der Waals surface area contributed by atoms with E-state index in [2.05, 4.69) is 19.1 Å². The van der Waals surface area contributed by atoms with Crippen molar-refractivity contribution in [3.8, 4) is 0 Å². The van der Waals surface area contributed by atoms with Gasteiger partial charge in [0.2, 0.25) is 0 Å². The summed E-state index contributed by atoms with van der Waals surface area (Å²) in [6, 6.07) is 4.20. The molecule has 0 unspecified atom stereocenters. The standard InChI is InChI=1S/C12H14ClNO/c1-7-4-8(2)11-9(6-15)12(13)14(3)10(11)5-7/h4-5,15H,6H2,1-3H3. The number of rotatable bonds is 1. The van der Waals surface area contributed by atoms with Crippen molar-refractivity contribution >= 4 is 22.5 Å². The van der Waals surface area contributed by atoms with Gasteiger partial charge in [-0.05, 0) is 31.0 Å². The van der Waals surface area contributed by atoms with E-state index in [1.165, 1.54) is 5.56 Å². The zero-order chi connectivity index (χ0) is 11.2. The smallest absolute Gasteiger partial charge is 0.115 e. The van der Waals surface area contributed by atoms with Crippen LogP contribution >= 0.6 is 11.6 Å². The van der Waals surface area contributed by atoms with Gasteiger partial charge in [-0.15, -0.1) is 0 Å². The van der Waals surface area contributed by atoms with Crippen LogP contribution in [0.15, 0.2) is 12.1 Å². The molecule has 1 aromatic heterocycles. The van der Waals surface area contributed by atoms with Gasteiger partial charge in [0, 0.05) is 23.5 Å². The first-order chi connectivity index (χ1) is 7.06. The lowest BCUT2D eigenvalue weighted by atomic mass is 10.1. The highest BCUT2D eigenvalue weighted by Gasteiger charge is 2.14. The summed E-state index contributed by atoms with van der Waals surface area (Å²) in [6.45, 7) is 4.09. The number of benzene rings is 1. The van der Waals surface area contributed by atoms with E-state index in [0.717, 1.165) is 22.0 Å². The second-order valence-corrected chi connectivity index (χ2v) is 4.32. The van der Waals surface area contributed by atoms with E-state index >= 15 is 0 Å². The lowest BCUT2D eigenvalue weighted by Crippen LogP contribution is -1.87. The molecule has 0 aliphatic carbocycles. The number of aliphatic hydroxyl groups excluding tert-OH is 1. The van der Waals surface area contributed by atoms with Gasteiger partial charge in [0.15, 0.2) is 0 Å². The lowest BCUT2D eigenvalue weighted by molar-refractivity contribution is 0.283. The van der Waals surface area contributed by atoms with Gasteiger partial charge in [-0.2, -0.15) is 0 Å². The molecule has 0 aliphatic heterocycles. The third-order valence-electron chi connectivity index (χ3n) is 2.82. The summed E-state index contributed by atoms with van der Waals surface area (Å²) in [7, 11) is 1.92. The second kappa shape index (κ2) is 3.54. The van der Waals surface area contributed by atoms with Gasteiger partial charge in [-0.1, -0.05) is 17.7 Å². The Morgan fingerprint density at radius 2 is 2.00 bits per heavy atom. The Labute approximate surface area is 94.1 Å². The quantitative estimate of drug-likeness (QED) is 0.790. The fourth-order valence-corrected chi connectivity index (χ4v) is 2.40. The predicted octanol–water partition coefficient (Wildman–Crippen LogP) is 2.94. The van der Waals surface area contributed by atoms with E-state index in [-0.39, 0.29) is 6.61 Å². The topological polar surface area (TPSA) is 25.2 Å². The van der Waals surface area contributed by atoms with E-state index in [4.69, 9.17) is 11.6 Å². The van der Waals surface area contributed by atoms with Crippen LogP contribution in [-0.2, 0) is 13.7 Å². The number of halogens is 1. The minimum Gasteiger partial charge on any atom is -0.392 e. The molecule has 0 amide bonds. The normalized spacial score (nSPS) is 11.3. The number of aromatic nitrogens is 1. The van der Waals surface area contributed by atoms with Crippen molar-refractivity contribution < 1.29 is 5.11 Å². The van der Waals surface area contributed by atoms with Crippen molar-refractivity contribution in [1.82, 2.24) is 4.57 Å². The van der Waals surface area contributed by atoms with E-state index < -0.39 is 0 Å². The molecule has 0 aliphatic rings. The molecule has 1 aromatic carbocycles. The number of hydrogen-bond acceptors (Lipinski definition) is 1. The number of hydrogen-bond donors (Lipinski definition) is 1. The molecule has 0 saturated carbocycles. The van der Waals surface area contributed by atoms with Gasteiger partial charge < -0.3 is 9.67 Å². The zero-order valence-electron chi connectivity index (χ0n) is 9.13. The number of aliphatic hydroxyl groups is 1. The molecule has 15 heavy (non-hydrogen) atoms. The molecule has 0 atom stereocenters. The van der Waals surface area contributed by atoms with E-state index in [0.29, 0.717) is 5.15 Å². The maximum Gasteiger partial charge on any atom is 0.115 e. The Bertz CT molecular complexity index is 528. The molecule has 1 N–H and O–H groups in total. The first kappa shape index (κ1) is 10.5. The summed E-state index contributed by atoms with van der Waals surface area (Å²) in [4.78, 5) is 0. The minimum absolute atomic E-state index is 0.0138. The van der Waals surface area contributed by atoms with E-state index in [9.17, 15) is 5.11 Å². The minimum atomic E-state index is -0.0138. The number of aryl methyl sites for hydroxylation is 3. The summed E-state index contributed by atoms with van der Waals surface area (Å²) >= 11 is 6.16. The van der Waals surface area contributed by atoms with Crippen LogP contribution in [0.5, 0.6) is 0 Å². The van der Waals surface area contributed by atoms with E-state index in [1.807, 2.05) is 18.5 Å². The molecule has 0 bridgehead atoms. The molecule has 0 radical (unpaired) electrons. The van der Waals surface area contributed by atoms with Crippen molar-refractivity contribution in [2.45, 2.75) is 20.5 Å². The largest absolute Gasteiger partial charge is 0.392 e. The van der Waals surface area contributed by atoms with Gasteiger partial charge in [0.1, 0.15) is 5.15 Å². The number of fused-ring (bicyclic) bond motifs is 1. The fraction of sp³-hybridized carbons (Fsp3) is 0.333. The fourth-order valence-electron chi connectivity index (χ4n) is 2.16. The van der Waals surface area contributed by atoms with Crippen LogP contribution in [0.4, 0.5) is 0 Å². The van der Waals surface area contributed by atoms with Crippen molar-refractivity contribution in [2.75, 3.05) is 0 Å². The predicted molar refractivity (Wildman–Crippen MR) is 63.3 cm³/mol. The van der Waals surface area contributed by atoms with Crippen molar-refractivity contribution in [2.24, 2.45) is 7.05 Å². The molecular formula is C12H14ClNO. The molecule has 3 heteroatoms. The molecule has 1 heterocycles. The van der Waals surface area contributed by atoms with Crippen molar-refractivity contribution in [3.05, 3.63) is 34.0 Å². The van der Waals surface area contributed by atoms with E-state index in [1.54, 1.807) is 0 Å². The molecule has 80 valence electrons. The third kappa shape index (κ3) is 1.45. The van der Waals surface area contributed by atoms with Gasteiger partial charge in [-0.3, -0.25) is 0 Å². The van der Waals surface area contributed by atoms with Crippen molar-refractivity contribution in [1.29, 1.82) is 0 Å². The number of nitrogens with zero attached hydrogens (tertiary/aromatic N) is 1. The Hall–Kier alpha value is -0.990. The SMILES string of the molecule is Cc1cc(C)c2c(CO)c(Cl)n(C)c2c1. The zero-order valence-corrected chi connectivity index (χ0v) is 9.89. The third-order valence-corrected chi connectivity index (χ3v) is 3.31. The highest BCUT2D eigenvalue weighted by atomic mass is 35.5. The maximum absolute atomic E-state index is 9.33. The molecule has 0 spiro atoms. The highest BCUT2D eigenvalue weighted by Crippen LogP contribution is 2.32. The highest BCUT2D eigenvalue weighted by molar-refractivity contribution is 6.32. The first-order valence-electron chi connectivity index (χ1n) is 4.91. The van der Waals surface area contributed by atoms with Gasteiger partial charge in [-0.25, -0.2) is 0 Å². The van der Waals surface area contributed by atoms with Crippen LogP contribution < -0.4 is 0 Å². The average molecular weight is 224 g/mol. The monoisotopic (exact) mass is 223 g/mol. The van der Waals surface area contributed by atoms with Crippen LogP contribution in [0.1, 0.15) is 16.7 Å². The van der Waals surface area contributed by atoms with Crippen LogP contribution in [0, 0.1) is 13.8 Å².